The number of sulfonamides is 1. The molecule has 0 saturated carbocycles. The topological polar surface area (TPSA) is 113 Å². The van der Waals surface area contributed by atoms with Gasteiger partial charge in [0.15, 0.2) is 0 Å². The first-order valence-corrected chi connectivity index (χ1v) is 9.77. The number of amides is 1. The molecule has 9 nitrogen and oxygen atoms in total. The molecule has 2 aromatic heterocycles. The SMILES string of the molecule is O=C(O)c1csc(S(=O)(=O)N2CCN(C(=O)Cn3cccn3)CC2)c1. The number of piperazine rings is 1. The maximum absolute atomic E-state index is 12.6. The van der Waals surface area contributed by atoms with Crippen LogP contribution in [-0.2, 0) is 21.4 Å². The lowest BCUT2D eigenvalue weighted by Crippen LogP contribution is -2.51. The Kier molecular flexibility index (Phi) is 4.88. The monoisotopic (exact) mass is 384 g/mol. The minimum atomic E-state index is -3.74. The van der Waals surface area contributed by atoms with Crippen LogP contribution in [0.25, 0.3) is 0 Å². The van der Waals surface area contributed by atoms with Gasteiger partial charge < -0.3 is 10.0 Å². The van der Waals surface area contributed by atoms with Crippen LogP contribution in [-0.4, -0.2) is 70.6 Å². The molecule has 3 heterocycles. The Hall–Kier alpha value is -2.24. The predicted molar refractivity (Wildman–Crippen MR) is 88.8 cm³/mol. The van der Waals surface area contributed by atoms with Crippen molar-refractivity contribution in [3.05, 3.63) is 35.5 Å². The minimum Gasteiger partial charge on any atom is -0.478 e. The lowest BCUT2D eigenvalue weighted by atomic mass is 10.3. The number of hydrogen-bond acceptors (Lipinski definition) is 6. The standard InChI is InChI=1S/C14H16N4O5S2/c19-12(9-17-3-1-2-15-17)16-4-6-18(7-5-16)25(22,23)13-8-11(10-24-13)14(20)21/h1-3,8,10H,4-7,9H2,(H,20,21). The molecule has 1 aliphatic rings. The lowest BCUT2D eigenvalue weighted by molar-refractivity contribution is -0.133. The lowest BCUT2D eigenvalue weighted by Gasteiger charge is -2.33. The van der Waals surface area contributed by atoms with Gasteiger partial charge in [0, 0.05) is 44.0 Å². The second-order valence-electron chi connectivity index (χ2n) is 5.45. The molecule has 11 heteroatoms. The van der Waals surface area contributed by atoms with E-state index in [1.165, 1.54) is 14.4 Å². The van der Waals surface area contributed by atoms with Crippen molar-refractivity contribution in [3.63, 3.8) is 0 Å². The van der Waals surface area contributed by atoms with Gasteiger partial charge in [-0.1, -0.05) is 0 Å². The van der Waals surface area contributed by atoms with E-state index in [2.05, 4.69) is 5.10 Å². The Balaban J connectivity index is 1.62. The Bertz CT molecular complexity index is 867. The second-order valence-corrected chi connectivity index (χ2v) is 8.52. The molecular formula is C14H16N4O5S2. The predicted octanol–water partition coefficient (Wildman–Crippen LogP) is 0.176. The van der Waals surface area contributed by atoms with Gasteiger partial charge in [-0.25, -0.2) is 13.2 Å². The van der Waals surface area contributed by atoms with Crippen LogP contribution >= 0.6 is 11.3 Å². The first-order valence-electron chi connectivity index (χ1n) is 7.45. The third-order valence-electron chi connectivity index (χ3n) is 3.86. The maximum atomic E-state index is 12.6. The summed E-state index contributed by atoms with van der Waals surface area (Å²) < 4.78 is 28.0. The zero-order valence-corrected chi connectivity index (χ0v) is 14.7. The summed E-state index contributed by atoms with van der Waals surface area (Å²) in [5, 5.41) is 14.2. The van der Waals surface area contributed by atoms with Gasteiger partial charge in [0.05, 0.1) is 5.56 Å². The van der Waals surface area contributed by atoms with Crippen molar-refractivity contribution in [2.24, 2.45) is 0 Å². The Morgan fingerprint density at radius 2 is 1.96 bits per heavy atom. The summed E-state index contributed by atoms with van der Waals surface area (Å²) in [5.41, 5.74) is -0.0448. The molecule has 0 unspecified atom stereocenters. The van der Waals surface area contributed by atoms with Crippen LogP contribution in [0, 0.1) is 0 Å². The summed E-state index contributed by atoms with van der Waals surface area (Å²) in [5.74, 6) is -1.28. The van der Waals surface area contributed by atoms with E-state index in [1.807, 2.05) is 0 Å². The molecule has 25 heavy (non-hydrogen) atoms. The average Bonchev–Trinajstić information content (AvgIpc) is 3.26. The van der Waals surface area contributed by atoms with Crippen LogP contribution in [0.15, 0.2) is 34.1 Å². The highest BCUT2D eigenvalue weighted by Crippen LogP contribution is 2.25. The van der Waals surface area contributed by atoms with E-state index in [4.69, 9.17) is 5.11 Å². The average molecular weight is 384 g/mol. The molecule has 2 aromatic rings. The molecular weight excluding hydrogens is 368 g/mol. The maximum Gasteiger partial charge on any atom is 0.336 e. The minimum absolute atomic E-state index is 0.00113. The number of thiophene rings is 1. The Morgan fingerprint density at radius 3 is 2.52 bits per heavy atom. The molecule has 0 aliphatic carbocycles. The van der Waals surface area contributed by atoms with Crippen molar-refractivity contribution in [3.8, 4) is 0 Å². The van der Waals surface area contributed by atoms with E-state index >= 15 is 0 Å². The van der Waals surface area contributed by atoms with Crippen molar-refractivity contribution in [2.75, 3.05) is 26.2 Å². The van der Waals surface area contributed by atoms with Crippen LogP contribution in [0.1, 0.15) is 10.4 Å². The number of hydrogen-bond donors (Lipinski definition) is 1. The highest BCUT2D eigenvalue weighted by Gasteiger charge is 2.31. The van der Waals surface area contributed by atoms with Crippen LogP contribution in [0.2, 0.25) is 0 Å². The van der Waals surface area contributed by atoms with Crippen molar-refractivity contribution >= 4 is 33.2 Å². The molecule has 1 saturated heterocycles. The molecule has 3 rings (SSSR count). The fourth-order valence-electron chi connectivity index (χ4n) is 2.50. The molecule has 0 bridgehead atoms. The van der Waals surface area contributed by atoms with E-state index in [1.54, 1.807) is 23.4 Å². The zero-order chi connectivity index (χ0) is 18.0. The molecule has 1 amide bonds. The zero-order valence-electron chi connectivity index (χ0n) is 13.1. The number of carbonyl (C=O) groups is 2. The van der Waals surface area contributed by atoms with E-state index in [0.29, 0.717) is 0 Å². The highest BCUT2D eigenvalue weighted by atomic mass is 32.2. The van der Waals surface area contributed by atoms with Crippen LogP contribution < -0.4 is 0 Å². The summed E-state index contributed by atoms with van der Waals surface area (Å²) in [6.45, 7) is 1.04. The van der Waals surface area contributed by atoms with Gasteiger partial charge in [0.2, 0.25) is 5.91 Å². The fraction of sp³-hybridized carbons (Fsp3) is 0.357. The fourth-order valence-corrected chi connectivity index (χ4v) is 5.23. The van der Waals surface area contributed by atoms with Crippen LogP contribution in [0.4, 0.5) is 0 Å². The van der Waals surface area contributed by atoms with Crippen molar-refractivity contribution in [1.29, 1.82) is 0 Å². The first kappa shape index (κ1) is 17.6. The molecule has 1 N–H and O–H groups in total. The Labute approximate surface area is 148 Å². The summed E-state index contributed by atoms with van der Waals surface area (Å²) in [6, 6.07) is 2.89. The van der Waals surface area contributed by atoms with Crippen LogP contribution in [0.3, 0.4) is 0 Å². The largest absolute Gasteiger partial charge is 0.478 e. The summed E-state index contributed by atoms with van der Waals surface area (Å²) in [7, 11) is -3.74. The van der Waals surface area contributed by atoms with E-state index in [-0.39, 0.29) is 48.4 Å². The Morgan fingerprint density at radius 1 is 1.24 bits per heavy atom. The van der Waals surface area contributed by atoms with E-state index < -0.39 is 16.0 Å². The summed E-state index contributed by atoms with van der Waals surface area (Å²) in [4.78, 5) is 24.7. The summed E-state index contributed by atoms with van der Waals surface area (Å²) in [6.07, 6.45) is 3.28. The van der Waals surface area contributed by atoms with Gasteiger partial charge in [-0.3, -0.25) is 9.48 Å². The molecule has 0 radical (unpaired) electrons. The van der Waals surface area contributed by atoms with Gasteiger partial charge in [0.25, 0.3) is 10.0 Å². The van der Waals surface area contributed by atoms with E-state index in [0.717, 1.165) is 17.4 Å². The molecule has 134 valence electrons. The smallest absolute Gasteiger partial charge is 0.336 e. The third-order valence-corrected chi connectivity index (χ3v) is 7.18. The highest BCUT2D eigenvalue weighted by molar-refractivity contribution is 7.91. The van der Waals surface area contributed by atoms with Crippen molar-refractivity contribution in [2.45, 2.75) is 10.8 Å². The number of rotatable bonds is 5. The van der Waals surface area contributed by atoms with Gasteiger partial charge in [-0.15, -0.1) is 11.3 Å². The number of aromatic carboxylic acids is 1. The number of carboxylic acid groups (broad SMARTS) is 1. The molecule has 1 fully saturated rings. The molecule has 1 aliphatic heterocycles. The second kappa shape index (κ2) is 6.94. The number of carboxylic acids is 1. The van der Waals surface area contributed by atoms with Crippen molar-refractivity contribution in [1.82, 2.24) is 19.0 Å². The van der Waals surface area contributed by atoms with Gasteiger partial charge in [0.1, 0.15) is 10.8 Å². The van der Waals surface area contributed by atoms with Crippen LogP contribution in [0.5, 0.6) is 0 Å². The third kappa shape index (κ3) is 3.72. The normalized spacial score (nSPS) is 16.1. The van der Waals surface area contributed by atoms with Gasteiger partial charge >= 0.3 is 5.97 Å². The van der Waals surface area contributed by atoms with Gasteiger partial charge in [-0.05, 0) is 12.1 Å². The molecule has 0 aromatic carbocycles. The number of nitrogens with zero attached hydrogens (tertiary/aromatic N) is 4. The van der Waals surface area contributed by atoms with Gasteiger partial charge in [-0.2, -0.15) is 9.40 Å². The van der Waals surface area contributed by atoms with Crippen molar-refractivity contribution < 1.29 is 23.1 Å². The first-order chi connectivity index (χ1) is 11.9. The van der Waals surface area contributed by atoms with E-state index in [9.17, 15) is 18.0 Å². The molecule has 0 spiro atoms. The molecule has 0 atom stereocenters. The number of carbonyl (C=O) groups excluding carboxylic acids is 1. The summed E-state index contributed by atoms with van der Waals surface area (Å²) >= 11 is 0.886. The number of aromatic nitrogens is 2. The quantitative estimate of drug-likeness (QED) is 0.787.